The number of aromatic amines is 1. The highest BCUT2D eigenvalue weighted by Gasteiger charge is 2.16. The summed E-state index contributed by atoms with van der Waals surface area (Å²) in [6.45, 7) is 3.77. The molecule has 3 rings (SSSR count). The first-order chi connectivity index (χ1) is 10.1. The van der Waals surface area contributed by atoms with Crippen LogP contribution in [0.25, 0.3) is 22.4 Å². The second-order valence-electron chi connectivity index (χ2n) is 5.14. The van der Waals surface area contributed by atoms with Crippen LogP contribution < -0.4 is 5.73 Å². The maximum atomic E-state index is 13.5. The van der Waals surface area contributed by atoms with Gasteiger partial charge in [0, 0.05) is 5.56 Å². The molecule has 0 radical (unpaired) electrons. The van der Waals surface area contributed by atoms with Crippen molar-refractivity contribution in [3.8, 4) is 22.4 Å². The Balaban J connectivity index is 2.22. The van der Waals surface area contributed by atoms with Gasteiger partial charge in [-0.25, -0.2) is 4.39 Å². The van der Waals surface area contributed by atoms with Gasteiger partial charge in [-0.05, 0) is 48.7 Å². The number of hydrogen-bond acceptors (Lipinski definition) is 2. The SMILES string of the molecule is Cc1cc(-c2[nH]nc(N)c2-c2ccccc2C)ccc1F. The smallest absolute Gasteiger partial charge is 0.153 e. The summed E-state index contributed by atoms with van der Waals surface area (Å²) in [4.78, 5) is 0. The van der Waals surface area contributed by atoms with Crippen molar-refractivity contribution in [1.82, 2.24) is 10.2 Å². The summed E-state index contributed by atoms with van der Waals surface area (Å²) >= 11 is 0. The summed E-state index contributed by atoms with van der Waals surface area (Å²) in [5.41, 5.74) is 11.3. The highest BCUT2D eigenvalue weighted by Crippen LogP contribution is 2.36. The Morgan fingerprint density at radius 2 is 1.81 bits per heavy atom. The predicted octanol–water partition coefficient (Wildman–Crippen LogP) is 4.08. The minimum absolute atomic E-state index is 0.219. The normalized spacial score (nSPS) is 10.8. The Morgan fingerprint density at radius 1 is 1.05 bits per heavy atom. The quantitative estimate of drug-likeness (QED) is 0.743. The minimum atomic E-state index is -0.219. The molecule has 3 N–H and O–H groups in total. The van der Waals surface area contributed by atoms with Gasteiger partial charge in [-0.1, -0.05) is 24.3 Å². The molecule has 0 spiro atoms. The fourth-order valence-corrected chi connectivity index (χ4v) is 2.49. The fourth-order valence-electron chi connectivity index (χ4n) is 2.49. The number of hydrogen-bond donors (Lipinski definition) is 2. The number of anilines is 1. The third-order valence-corrected chi connectivity index (χ3v) is 3.66. The van der Waals surface area contributed by atoms with Crippen LogP contribution in [0, 0.1) is 19.7 Å². The van der Waals surface area contributed by atoms with Gasteiger partial charge in [0.15, 0.2) is 5.82 Å². The van der Waals surface area contributed by atoms with E-state index in [2.05, 4.69) is 10.2 Å². The number of halogens is 1. The second-order valence-corrected chi connectivity index (χ2v) is 5.14. The van der Waals surface area contributed by atoms with Crippen molar-refractivity contribution in [2.75, 3.05) is 5.73 Å². The molecular formula is C17H16FN3. The molecule has 0 aliphatic carbocycles. The molecule has 0 amide bonds. The van der Waals surface area contributed by atoms with Crippen LogP contribution in [0.15, 0.2) is 42.5 Å². The van der Waals surface area contributed by atoms with Gasteiger partial charge < -0.3 is 5.73 Å². The van der Waals surface area contributed by atoms with Crippen LogP contribution in [0.1, 0.15) is 11.1 Å². The molecule has 4 heteroatoms. The summed E-state index contributed by atoms with van der Waals surface area (Å²) in [5, 5.41) is 7.09. The molecule has 21 heavy (non-hydrogen) atoms. The molecule has 0 saturated carbocycles. The number of nitrogen functional groups attached to an aromatic ring is 1. The van der Waals surface area contributed by atoms with Gasteiger partial charge >= 0.3 is 0 Å². The Kier molecular flexibility index (Phi) is 3.22. The highest BCUT2D eigenvalue weighted by molar-refractivity contribution is 5.89. The Morgan fingerprint density at radius 3 is 2.52 bits per heavy atom. The van der Waals surface area contributed by atoms with Gasteiger partial charge in [-0.15, -0.1) is 0 Å². The first kappa shape index (κ1) is 13.4. The Labute approximate surface area is 122 Å². The second kappa shape index (κ2) is 5.05. The van der Waals surface area contributed by atoms with Gasteiger partial charge in [0.05, 0.1) is 11.3 Å². The van der Waals surface area contributed by atoms with Crippen LogP contribution in [0.5, 0.6) is 0 Å². The van der Waals surface area contributed by atoms with Crippen molar-refractivity contribution in [2.24, 2.45) is 0 Å². The lowest BCUT2D eigenvalue weighted by Gasteiger charge is -2.08. The van der Waals surface area contributed by atoms with E-state index in [0.717, 1.165) is 27.9 Å². The van der Waals surface area contributed by atoms with Crippen LogP contribution in [0.2, 0.25) is 0 Å². The van der Waals surface area contributed by atoms with E-state index >= 15 is 0 Å². The number of H-pyrrole nitrogens is 1. The zero-order valence-corrected chi connectivity index (χ0v) is 11.9. The Hall–Kier alpha value is -2.62. The fraction of sp³-hybridized carbons (Fsp3) is 0.118. The van der Waals surface area contributed by atoms with Gasteiger partial charge in [0.1, 0.15) is 5.82 Å². The molecule has 0 bridgehead atoms. The number of benzene rings is 2. The third kappa shape index (κ3) is 2.29. The van der Waals surface area contributed by atoms with E-state index in [1.165, 1.54) is 6.07 Å². The van der Waals surface area contributed by atoms with E-state index in [1.807, 2.05) is 31.2 Å². The summed E-state index contributed by atoms with van der Waals surface area (Å²) in [7, 11) is 0. The van der Waals surface area contributed by atoms with Gasteiger partial charge in [-0.3, -0.25) is 5.10 Å². The van der Waals surface area contributed by atoms with Gasteiger partial charge in [0.2, 0.25) is 0 Å². The maximum Gasteiger partial charge on any atom is 0.153 e. The first-order valence-corrected chi connectivity index (χ1v) is 6.74. The summed E-state index contributed by atoms with van der Waals surface area (Å²) in [6.07, 6.45) is 0. The lowest BCUT2D eigenvalue weighted by molar-refractivity contribution is 0.619. The monoisotopic (exact) mass is 281 g/mol. The van der Waals surface area contributed by atoms with Crippen molar-refractivity contribution in [1.29, 1.82) is 0 Å². The number of aromatic nitrogens is 2. The number of aryl methyl sites for hydroxylation is 2. The average Bonchev–Trinajstić information content (AvgIpc) is 2.84. The van der Waals surface area contributed by atoms with Crippen LogP contribution in [0.4, 0.5) is 10.2 Å². The molecule has 3 nitrogen and oxygen atoms in total. The molecule has 0 saturated heterocycles. The summed E-state index contributed by atoms with van der Waals surface area (Å²) in [5.74, 6) is 0.227. The molecule has 1 aromatic heterocycles. The maximum absolute atomic E-state index is 13.5. The summed E-state index contributed by atoms with van der Waals surface area (Å²) < 4.78 is 13.5. The zero-order chi connectivity index (χ0) is 15.0. The molecular weight excluding hydrogens is 265 g/mol. The summed E-state index contributed by atoms with van der Waals surface area (Å²) in [6, 6.07) is 13.0. The van der Waals surface area contributed by atoms with E-state index in [4.69, 9.17) is 5.73 Å². The lowest BCUT2D eigenvalue weighted by Crippen LogP contribution is -1.91. The number of nitrogens with two attached hydrogens (primary N) is 1. The molecule has 1 heterocycles. The minimum Gasteiger partial charge on any atom is -0.382 e. The van der Waals surface area contributed by atoms with Crippen molar-refractivity contribution >= 4 is 5.82 Å². The standard InChI is InChI=1S/C17H16FN3/c1-10-5-3-4-6-13(10)15-16(20-21-17(15)19)12-7-8-14(18)11(2)9-12/h3-9H,1-2H3,(H3,19,20,21). The molecule has 0 aliphatic heterocycles. The lowest BCUT2D eigenvalue weighted by atomic mass is 9.96. The molecule has 0 fully saturated rings. The average molecular weight is 281 g/mol. The molecule has 3 aromatic rings. The largest absolute Gasteiger partial charge is 0.382 e. The molecule has 2 aromatic carbocycles. The van der Waals surface area contributed by atoms with Crippen LogP contribution in [-0.4, -0.2) is 10.2 Å². The van der Waals surface area contributed by atoms with E-state index in [0.29, 0.717) is 11.4 Å². The van der Waals surface area contributed by atoms with Gasteiger partial charge in [-0.2, -0.15) is 5.10 Å². The van der Waals surface area contributed by atoms with Crippen LogP contribution in [-0.2, 0) is 0 Å². The molecule has 106 valence electrons. The van der Waals surface area contributed by atoms with Crippen molar-refractivity contribution < 1.29 is 4.39 Å². The van der Waals surface area contributed by atoms with Crippen molar-refractivity contribution in [3.63, 3.8) is 0 Å². The highest BCUT2D eigenvalue weighted by atomic mass is 19.1. The zero-order valence-electron chi connectivity index (χ0n) is 11.9. The van der Waals surface area contributed by atoms with E-state index in [1.54, 1.807) is 19.1 Å². The van der Waals surface area contributed by atoms with Crippen LogP contribution >= 0.6 is 0 Å². The molecule has 0 aliphatic rings. The molecule has 0 unspecified atom stereocenters. The number of nitrogens with one attached hydrogen (secondary N) is 1. The van der Waals surface area contributed by atoms with Crippen molar-refractivity contribution in [2.45, 2.75) is 13.8 Å². The molecule has 0 atom stereocenters. The van der Waals surface area contributed by atoms with Gasteiger partial charge in [0.25, 0.3) is 0 Å². The topological polar surface area (TPSA) is 54.7 Å². The van der Waals surface area contributed by atoms with Crippen molar-refractivity contribution in [3.05, 3.63) is 59.4 Å². The Bertz CT molecular complexity index is 806. The predicted molar refractivity (Wildman–Crippen MR) is 83.3 cm³/mol. The van der Waals surface area contributed by atoms with E-state index in [9.17, 15) is 4.39 Å². The van der Waals surface area contributed by atoms with E-state index in [-0.39, 0.29) is 5.82 Å². The first-order valence-electron chi connectivity index (χ1n) is 6.74. The van der Waals surface area contributed by atoms with Crippen LogP contribution in [0.3, 0.4) is 0 Å². The number of rotatable bonds is 2. The van der Waals surface area contributed by atoms with E-state index < -0.39 is 0 Å². The third-order valence-electron chi connectivity index (χ3n) is 3.66. The number of nitrogens with zero attached hydrogens (tertiary/aromatic N) is 1.